The van der Waals surface area contributed by atoms with Crippen molar-refractivity contribution >= 4 is 28.0 Å². The van der Waals surface area contributed by atoms with Gasteiger partial charge in [-0.05, 0) is 30.4 Å². The molecule has 8 nitrogen and oxygen atoms in total. The minimum Gasteiger partial charge on any atom is -0.496 e. The van der Waals surface area contributed by atoms with Gasteiger partial charge < -0.3 is 27.8 Å². The molecule has 5 rings (SSSR count). The third-order valence-electron chi connectivity index (χ3n) is 7.45. The molecule has 0 aliphatic heterocycles. The largest absolute Gasteiger partial charge is 0.496 e. The lowest BCUT2D eigenvalue weighted by atomic mass is 9.67. The maximum atomic E-state index is 12.3. The van der Waals surface area contributed by atoms with Gasteiger partial charge in [0.15, 0.2) is 5.58 Å². The van der Waals surface area contributed by atoms with Crippen molar-refractivity contribution in [3.63, 3.8) is 0 Å². The Labute approximate surface area is 225 Å². The average molecular weight is 531 g/mol. The monoisotopic (exact) mass is 530 g/mol. The molecular weight excluding hydrogens is 500 g/mol. The van der Waals surface area contributed by atoms with Crippen LogP contribution in [0, 0.1) is 5.41 Å². The molecule has 8 heteroatoms. The van der Waals surface area contributed by atoms with E-state index in [9.17, 15) is 9.59 Å². The van der Waals surface area contributed by atoms with Crippen molar-refractivity contribution in [3.8, 4) is 23.0 Å². The van der Waals surface area contributed by atoms with E-state index in [2.05, 4.69) is 25.2 Å². The quantitative estimate of drug-likeness (QED) is 0.209. The number of allylic oxidation sites excluding steroid dienone is 3. The molecule has 1 aliphatic rings. The van der Waals surface area contributed by atoms with Gasteiger partial charge in [0.05, 0.1) is 44.8 Å². The number of fused-ring (bicyclic) bond motifs is 2. The summed E-state index contributed by atoms with van der Waals surface area (Å²) >= 11 is 0. The van der Waals surface area contributed by atoms with Crippen LogP contribution in [0.25, 0.3) is 28.0 Å². The van der Waals surface area contributed by atoms with Crippen molar-refractivity contribution in [1.29, 1.82) is 0 Å². The van der Waals surface area contributed by atoms with Crippen molar-refractivity contribution < 1.29 is 27.8 Å². The van der Waals surface area contributed by atoms with Gasteiger partial charge in [-0.3, -0.25) is 0 Å². The van der Waals surface area contributed by atoms with Crippen molar-refractivity contribution in [2.24, 2.45) is 5.41 Å². The molecule has 2 atom stereocenters. The number of ether oxygens (including phenoxy) is 4. The van der Waals surface area contributed by atoms with Gasteiger partial charge in [-0.2, -0.15) is 0 Å². The molecule has 0 fully saturated rings. The normalized spacial score (nSPS) is 19.1. The molecule has 1 aliphatic carbocycles. The first-order valence-corrected chi connectivity index (χ1v) is 12.6. The van der Waals surface area contributed by atoms with E-state index in [0.29, 0.717) is 50.5 Å². The van der Waals surface area contributed by atoms with Crippen LogP contribution in [-0.2, 0) is 0 Å². The third kappa shape index (κ3) is 4.56. The van der Waals surface area contributed by atoms with Crippen molar-refractivity contribution in [2.75, 3.05) is 28.4 Å². The molecule has 0 amide bonds. The van der Waals surface area contributed by atoms with E-state index in [4.69, 9.17) is 27.8 Å². The number of rotatable bonds is 7. The fourth-order valence-electron chi connectivity index (χ4n) is 5.41. The Morgan fingerprint density at radius 1 is 0.795 bits per heavy atom. The first-order chi connectivity index (χ1) is 18.8. The molecule has 2 heterocycles. The lowest BCUT2D eigenvalue weighted by Gasteiger charge is -2.37. The minimum atomic E-state index is -0.471. The van der Waals surface area contributed by atoms with Gasteiger partial charge in [0.2, 0.25) is 0 Å². The van der Waals surface area contributed by atoms with E-state index in [1.54, 1.807) is 46.6 Å². The van der Waals surface area contributed by atoms with Crippen molar-refractivity contribution in [3.05, 3.63) is 86.6 Å². The molecule has 2 aromatic carbocycles. The Balaban J connectivity index is 1.72. The topological polar surface area (TPSA) is 97.3 Å². The second-order valence-corrected chi connectivity index (χ2v) is 9.67. The zero-order chi connectivity index (χ0) is 27.7. The van der Waals surface area contributed by atoms with Gasteiger partial charge in [0.25, 0.3) is 0 Å². The number of hydrogen-bond acceptors (Lipinski definition) is 8. The fraction of sp³-hybridized carbons (Fsp3) is 0.290. The summed E-state index contributed by atoms with van der Waals surface area (Å²) in [5, 5.41) is 1.34. The highest BCUT2D eigenvalue weighted by Gasteiger charge is 2.37. The maximum Gasteiger partial charge on any atom is 0.336 e. The van der Waals surface area contributed by atoms with Gasteiger partial charge in [-0.15, -0.1) is 0 Å². The summed E-state index contributed by atoms with van der Waals surface area (Å²) in [4.78, 5) is 24.5. The summed E-state index contributed by atoms with van der Waals surface area (Å²) < 4.78 is 33.9. The van der Waals surface area contributed by atoms with Crippen LogP contribution in [0.4, 0.5) is 0 Å². The lowest BCUT2D eigenvalue weighted by Crippen LogP contribution is -2.25. The molecule has 202 valence electrons. The van der Waals surface area contributed by atoms with E-state index in [1.165, 1.54) is 12.1 Å². The van der Waals surface area contributed by atoms with E-state index < -0.39 is 16.7 Å². The lowest BCUT2D eigenvalue weighted by molar-refractivity contribution is 0.325. The maximum absolute atomic E-state index is 12.3. The predicted octanol–water partition coefficient (Wildman–Crippen LogP) is 6.09. The summed E-state index contributed by atoms with van der Waals surface area (Å²) in [6, 6.07) is 9.73. The summed E-state index contributed by atoms with van der Waals surface area (Å²) in [7, 11) is 6.27. The number of methoxy groups -OCH3 is 4. The smallest absolute Gasteiger partial charge is 0.336 e. The molecule has 4 aromatic rings. The van der Waals surface area contributed by atoms with Crippen LogP contribution >= 0.6 is 0 Å². The van der Waals surface area contributed by atoms with Gasteiger partial charge in [-0.1, -0.05) is 31.2 Å². The average Bonchev–Trinajstić information content (AvgIpc) is 2.94. The Bertz CT molecular complexity index is 1730. The molecule has 0 spiro atoms. The van der Waals surface area contributed by atoms with E-state index in [0.717, 1.165) is 18.4 Å². The van der Waals surface area contributed by atoms with E-state index in [-0.39, 0.29) is 5.92 Å². The van der Waals surface area contributed by atoms with Gasteiger partial charge in [0.1, 0.15) is 28.6 Å². The van der Waals surface area contributed by atoms with Crippen LogP contribution in [0.5, 0.6) is 23.0 Å². The SMILES string of the molecule is COc1cc(OC)c2ccc(=O)oc2c1C=C[C@]1(C)CCC=C[C@@H]1c1c(OC)cc(OC)c2ccc(=O)oc12. The Morgan fingerprint density at radius 3 is 1.97 bits per heavy atom. The molecule has 0 radical (unpaired) electrons. The van der Waals surface area contributed by atoms with Crippen LogP contribution in [0.2, 0.25) is 0 Å². The van der Waals surface area contributed by atoms with Crippen LogP contribution in [-0.4, -0.2) is 28.4 Å². The number of benzene rings is 2. The van der Waals surface area contributed by atoms with Gasteiger partial charge >= 0.3 is 11.3 Å². The molecule has 0 bridgehead atoms. The van der Waals surface area contributed by atoms with Crippen LogP contribution < -0.4 is 30.2 Å². The summed E-state index contributed by atoms with van der Waals surface area (Å²) in [6.07, 6.45) is 9.91. The zero-order valence-corrected chi connectivity index (χ0v) is 22.5. The van der Waals surface area contributed by atoms with Crippen LogP contribution in [0.1, 0.15) is 36.8 Å². The van der Waals surface area contributed by atoms with Crippen LogP contribution in [0.15, 0.2) is 73.0 Å². The summed E-state index contributed by atoms with van der Waals surface area (Å²) in [5.41, 5.74) is 0.811. The van der Waals surface area contributed by atoms with Crippen molar-refractivity contribution in [2.45, 2.75) is 25.7 Å². The standard InChI is InChI=1S/C31H30O8/c1-31(15-13-20-23(35-3)16-22(34-2)18-9-11-26(32)38-29(18)20)14-7-6-8-21(31)28-25(37-5)17-24(36-4)19-10-12-27(33)39-30(19)28/h6,8-13,15-17,21H,7,14H2,1-5H3/t21-,31+/m1/s1. The Kier molecular flexibility index (Phi) is 6.95. The molecule has 0 unspecified atom stereocenters. The molecular formula is C31H30O8. The first-order valence-electron chi connectivity index (χ1n) is 12.6. The predicted molar refractivity (Wildman–Crippen MR) is 149 cm³/mol. The van der Waals surface area contributed by atoms with Crippen LogP contribution in [0.3, 0.4) is 0 Å². The highest BCUT2D eigenvalue weighted by Crippen LogP contribution is 2.51. The minimum absolute atomic E-state index is 0.209. The summed E-state index contributed by atoms with van der Waals surface area (Å²) in [6.45, 7) is 2.14. The summed E-state index contributed by atoms with van der Waals surface area (Å²) in [5.74, 6) is 1.95. The molecule has 0 N–H and O–H groups in total. The first kappa shape index (κ1) is 26.2. The third-order valence-corrected chi connectivity index (χ3v) is 7.45. The Morgan fingerprint density at radius 2 is 1.36 bits per heavy atom. The fourth-order valence-corrected chi connectivity index (χ4v) is 5.41. The Hall–Kier alpha value is -4.46. The van der Waals surface area contributed by atoms with E-state index in [1.807, 2.05) is 12.1 Å². The second kappa shape index (κ2) is 10.4. The molecule has 2 aromatic heterocycles. The zero-order valence-electron chi connectivity index (χ0n) is 22.5. The van der Waals surface area contributed by atoms with Gasteiger partial charge in [0, 0.05) is 35.7 Å². The highest BCUT2D eigenvalue weighted by atomic mass is 16.5. The molecule has 39 heavy (non-hydrogen) atoms. The second-order valence-electron chi connectivity index (χ2n) is 9.67. The molecule has 0 saturated heterocycles. The van der Waals surface area contributed by atoms with E-state index >= 15 is 0 Å². The van der Waals surface area contributed by atoms with Crippen molar-refractivity contribution in [1.82, 2.24) is 0 Å². The molecule has 0 saturated carbocycles. The highest BCUT2D eigenvalue weighted by molar-refractivity contribution is 5.93. The number of hydrogen-bond donors (Lipinski definition) is 0. The van der Waals surface area contributed by atoms with Gasteiger partial charge in [-0.25, -0.2) is 9.59 Å².